The van der Waals surface area contributed by atoms with Gasteiger partial charge in [0.1, 0.15) is 5.82 Å². The van der Waals surface area contributed by atoms with Crippen LogP contribution < -0.4 is 0 Å². The number of nitrogens with one attached hydrogen (secondary N) is 1. The third kappa shape index (κ3) is 3.57. The first-order valence-electron chi connectivity index (χ1n) is 7.33. The van der Waals surface area contributed by atoms with E-state index in [4.69, 9.17) is 4.74 Å². The van der Waals surface area contributed by atoms with E-state index in [0.29, 0.717) is 11.1 Å². The molecular weight excluding hydrogens is 309 g/mol. The first kappa shape index (κ1) is 15.7. The lowest BCUT2D eigenvalue weighted by Gasteiger charge is -2.01. The summed E-state index contributed by atoms with van der Waals surface area (Å²) in [6.07, 6.45) is 4.31. The number of carbonyl (C=O) groups is 2. The summed E-state index contributed by atoms with van der Waals surface area (Å²) in [5.74, 6) is -1.26. The number of aromatic nitrogens is 1. The number of carbonyl (C=O) groups excluding carboxylic acids is 2. The van der Waals surface area contributed by atoms with E-state index in [-0.39, 0.29) is 18.2 Å². The van der Waals surface area contributed by atoms with Gasteiger partial charge in [0.15, 0.2) is 6.61 Å². The van der Waals surface area contributed by atoms with Crippen molar-refractivity contribution in [2.24, 2.45) is 0 Å². The SMILES string of the molecule is O=C(/C=C/c1ccc(F)cc1)OCC(=O)c1c[nH]c2ccccc12. The summed E-state index contributed by atoms with van der Waals surface area (Å²) in [5, 5.41) is 0.792. The molecule has 4 nitrogen and oxygen atoms in total. The highest BCUT2D eigenvalue weighted by Gasteiger charge is 2.13. The Balaban J connectivity index is 1.59. The largest absolute Gasteiger partial charge is 0.454 e. The Bertz CT molecular complexity index is 910. The second-order valence-electron chi connectivity index (χ2n) is 5.16. The van der Waals surface area contributed by atoms with Gasteiger partial charge < -0.3 is 9.72 Å². The van der Waals surface area contributed by atoms with E-state index in [1.807, 2.05) is 24.3 Å². The molecule has 0 unspecified atom stereocenters. The highest BCUT2D eigenvalue weighted by Crippen LogP contribution is 2.18. The summed E-state index contributed by atoms with van der Waals surface area (Å²) >= 11 is 0. The number of Topliss-reactive ketones (excluding diaryl/α,β-unsaturated/α-hetero) is 1. The standard InChI is InChI=1S/C19H14FNO3/c20-14-8-5-13(6-9-14)7-10-19(23)24-12-18(22)16-11-21-17-4-2-1-3-15(16)17/h1-11,21H,12H2/b10-7+. The van der Waals surface area contributed by atoms with Gasteiger partial charge in [-0.3, -0.25) is 4.79 Å². The molecule has 0 saturated carbocycles. The van der Waals surface area contributed by atoms with E-state index in [1.165, 1.54) is 36.4 Å². The molecule has 0 spiro atoms. The van der Waals surface area contributed by atoms with E-state index in [2.05, 4.69) is 4.98 Å². The number of para-hydroxylation sites is 1. The number of esters is 1. The van der Waals surface area contributed by atoms with Crippen molar-refractivity contribution in [2.45, 2.75) is 0 Å². The van der Waals surface area contributed by atoms with Gasteiger partial charge in [-0.15, -0.1) is 0 Å². The molecule has 0 fully saturated rings. The molecule has 5 heteroatoms. The minimum absolute atomic E-state index is 0.281. The van der Waals surface area contributed by atoms with Crippen LogP contribution in [-0.2, 0) is 9.53 Å². The van der Waals surface area contributed by atoms with E-state index in [0.717, 1.165) is 10.9 Å². The predicted octanol–water partition coefficient (Wildman–Crippen LogP) is 3.75. The first-order chi connectivity index (χ1) is 11.6. The van der Waals surface area contributed by atoms with Crippen molar-refractivity contribution in [3.05, 3.63) is 77.7 Å². The minimum Gasteiger partial charge on any atom is -0.454 e. The summed E-state index contributed by atoms with van der Waals surface area (Å²) in [7, 11) is 0. The smallest absolute Gasteiger partial charge is 0.331 e. The molecule has 2 aromatic carbocycles. The van der Waals surface area contributed by atoms with Crippen molar-refractivity contribution in [1.82, 2.24) is 4.98 Å². The van der Waals surface area contributed by atoms with Crippen molar-refractivity contribution in [3.8, 4) is 0 Å². The molecule has 0 bridgehead atoms. The van der Waals surface area contributed by atoms with Crippen molar-refractivity contribution in [1.29, 1.82) is 0 Å². The Kier molecular flexibility index (Phi) is 4.52. The molecule has 0 aliphatic rings. The fraction of sp³-hybridized carbons (Fsp3) is 0.0526. The highest BCUT2D eigenvalue weighted by atomic mass is 19.1. The molecule has 0 saturated heterocycles. The van der Waals surface area contributed by atoms with Gasteiger partial charge in [0.25, 0.3) is 0 Å². The number of benzene rings is 2. The maximum atomic E-state index is 12.8. The molecule has 0 amide bonds. The molecule has 120 valence electrons. The number of ketones is 1. The molecule has 3 aromatic rings. The monoisotopic (exact) mass is 323 g/mol. The fourth-order valence-electron chi connectivity index (χ4n) is 2.30. The zero-order valence-corrected chi connectivity index (χ0v) is 12.7. The van der Waals surface area contributed by atoms with E-state index < -0.39 is 5.97 Å². The van der Waals surface area contributed by atoms with Gasteiger partial charge in [0.2, 0.25) is 5.78 Å². The van der Waals surface area contributed by atoms with Crippen LogP contribution in [0.1, 0.15) is 15.9 Å². The number of ether oxygens (including phenoxy) is 1. The second-order valence-corrected chi connectivity index (χ2v) is 5.16. The molecule has 0 radical (unpaired) electrons. The average molecular weight is 323 g/mol. The fourth-order valence-corrected chi connectivity index (χ4v) is 2.30. The maximum Gasteiger partial charge on any atom is 0.331 e. The van der Waals surface area contributed by atoms with Gasteiger partial charge in [-0.05, 0) is 29.8 Å². The van der Waals surface area contributed by atoms with Gasteiger partial charge in [-0.1, -0.05) is 30.3 Å². The predicted molar refractivity (Wildman–Crippen MR) is 89.0 cm³/mol. The van der Waals surface area contributed by atoms with E-state index in [9.17, 15) is 14.0 Å². The Labute approximate surface area is 137 Å². The van der Waals surface area contributed by atoms with Crippen LogP contribution in [0.3, 0.4) is 0 Å². The van der Waals surface area contributed by atoms with Crippen LogP contribution in [0.5, 0.6) is 0 Å². The number of hydrogen-bond acceptors (Lipinski definition) is 3. The van der Waals surface area contributed by atoms with Crippen LogP contribution in [0.4, 0.5) is 4.39 Å². The highest BCUT2D eigenvalue weighted by molar-refractivity contribution is 6.09. The van der Waals surface area contributed by atoms with Crippen molar-refractivity contribution in [3.63, 3.8) is 0 Å². The summed E-state index contributed by atoms with van der Waals surface area (Å²) in [6, 6.07) is 13.1. The molecule has 24 heavy (non-hydrogen) atoms. The quantitative estimate of drug-likeness (QED) is 0.442. The van der Waals surface area contributed by atoms with Gasteiger partial charge in [0, 0.05) is 28.7 Å². The zero-order valence-electron chi connectivity index (χ0n) is 12.7. The first-order valence-corrected chi connectivity index (χ1v) is 7.33. The Hall–Kier alpha value is -3.21. The van der Waals surface area contributed by atoms with Crippen LogP contribution >= 0.6 is 0 Å². The third-order valence-electron chi connectivity index (χ3n) is 3.52. The number of hydrogen-bond donors (Lipinski definition) is 1. The van der Waals surface area contributed by atoms with Crippen LogP contribution in [-0.4, -0.2) is 23.3 Å². The van der Waals surface area contributed by atoms with E-state index in [1.54, 1.807) is 6.20 Å². The minimum atomic E-state index is -0.632. The van der Waals surface area contributed by atoms with Gasteiger partial charge in [-0.2, -0.15) is 0 Å². The Morgan fingerprint density at radius 1 is 1.08 bits per heavy atom. The summed E-state index contributed by atoms with van der Waals surface area (Å²) < 4.78 is 17.7. The van der Waals surface area contributed by atoms with Crippen molar-refractivity contribution < 1.29 is 18.7 Å². The van der Waals surface area contributed by atoms with Crippen LogP contribution in [0.25, 0.3) is 17.0 Å². The number of fused-ring (bicyclic) bond motifs is 1. The molecule has 0 aliphatic heterocycles. The molecule has 1 N–H and O–H groups in total. The average Bonchev–Trinajstić information content (AvgIpc) is 3.03. The second kappa shape index (κ2) is 6.91. The Morgan fingerprint density at radius 2 is 1.83 bits per heavy atom. The van der Waals surface area contributed by atoms with E-state index >= 15 is 0 Å². The summed E-state index contributed by atoms with van der Waals surface area (Å²) in [4.78, 5) is 26.9. The maximum absolute atomic E-state index is 12.8. The third-order valence-corrected chi connectivity index (χ3v) is 3.52. The van der Waals surface area contributed by atoms with Crippen LogP contribution in [0.15, 0.2) is 60.8 Å². The number of aromatic amines is 1. The van der Waals surface area contributed by atoms with Gasteiger partial charge in [-0.25, -0.2) is 9.18 Å². The number of halogens is 1. The molecular formula is C19H14FNO3. The van der Waals surface area contributed by atoms with Crippen molar-refractivity contribution in [2.75, 3.05) is 6.61 Å². The van der Waals surface area contributed by atoms with Crippen LogP contribution in [0.2, 0.25) is 0 Å². The Morgan fingerprint density at radius 3 is 2.62 bits per heavy atom. The molecule has 1 heterocycles. The molecule has 1 aromatic heterocycles. The summed E-state index contributed by atoms with van der Waals surface area (Å²) in [6.45, 7) is -0.339. The summed E-state index contributed by atoms with van der Waals surface area (Å²) in [5.41, 5.74) is 2.00. The van der Waals surface area contributed by atoms with Crippen LogP contribution in [0, 0.1) is 5.82 Å². The van der Waals surface area contributed by atoms with Crippen molar-refractivity contribution >= 4 is 28.7 Å². The zero-order chi connectivity index (χ0) is 16.9. The lowest BCUT2D eigenvalue weighted by atomic mass is 10.1. The lowest BCUT2D eigenvalue weighted by molar-refractivity contribution is -0.136. The topological polar surface area (TPSA) is 59.2 Å². The number of rotatable bonds is 5. The number of H-pyrrole nitrogens is 1. The molecule has 0 atom stereocenters. The lowest BCUT2D eigenvalue weighted by Crippen LogP contribution is -2.12. The molecule has 0 aliphatic carbocycles. The van der Waals surface area contributed by atoms with Gasteiger partial charge >= 0.3 is 5.97 Å². The molecule has 3 rings (SSSR count). The van der Waals surface area contributed by atoms with Gasteiger partial charge in [0.05, 0.1) is 0 Å². The normalized spacial score (nSPS) is 11.0.